The Morgan fingerprint density at radius 3 is 2.50 bits per heavy atom. The molecule has 10 heavy (non-hydrogen) atoms. The summed E-state index contributed by atoms with van der Waals surface area (Å²) in [4.78, 5) is 11.0. The number of carbonyl (C=O) groups excluding carboxylic acids is 1. The van der Waals surface area contributed by atoms with Crippen LogP contribution >= 0.6 is 0 Å². The molecule has 0 aromatic heterocycles. The van der Waals surface area contributed by atoms with Crippen molar-refractivity contribution in [3.63, 3.8) is 0 Å². The van der Waals surface area contributed by atoms with Crippen molar-refractivity contribution in [3.05, 3.63) is 0 Å². The van der Waals surface area contributed by atoms with Gasteiger partial charge in [0.2, 0.25) is 5.91 Å². The van der Waals surface area contributed by atoms with Gasteiger partial charge in [-0.1, -0.05) is 20.3 Å². The summed E-state index contributed by atoms with van der Waals surface area (Å²) < 4.78 is 0. The van der Waals surface area contributed by atoms with Crippen molar-refractivity contribution in [2.45, 2.75) is 26.7 Å². The van der Waals surface area contributed by atoms with E-state index in [1.807, 2.05) is 6.92 Å². The van der Waals surface area contributed by atoms with Gasteiger partial charge in [0.05, 0.1) is 0 Å². The van der Waals surface area contributed by atoms with Crippen molar-refractivity contribution in [1.82, 2.24) is 5.01 Å². The van der Waals surface area contributed by atoms with Crippen molar-refractivity contribution in [2.75, 3.05) is 7.05 Å². The lowest BCUT2D eigenvalue weighted by molar-refractivity contribution is -0.134. The number of rotatable bonds is 3. The summed E-state index contributed by atoms with van der Waals surface area (Å²) in [6.07, 6.45) is 1.95. The van der Waals surface area contributed by atoms with E-state index in [1.54, 1.807) is 7.05 Å². The van der Waals surface area contributed by atoms with E-state index in [2.05, 4.69) is 6.92 Å². The Labute approximate surface area is 62.2 Å². The molecule has 0 aliphatic rings. The fraction of sp³-hybridized carbons (Fsp3) is 0.857. The van der Waals surface area contributed by atoms with Crippen LogP contribution in [0, 0.1) is 5.92 Å². The van der Waals surface area contributed by atoms with Crippen molar-refractivity contribution in [2.24, 2.45) is 11.8 Å². The number of amides is 1. The van der Waals surface area contributed by atoms with E-state index in [1.165, 1.54) is 0 Å². The molecule has 0 aliphatic carbocycles. The van der Waals surface area contributed by atoms with Crippen LogP contribution in [0.15, 0.2) is 0 Å². The van der Waals surface area contributed by atoms with Crippen LogP contribution < -0.4 is 5.84 Å². The Morgan fingerprint density at radius 2 is 2.20 bits per heavy atom. The molecule has 1 atom stereocenters. The summed E-state index contributed by atoms with van der Waals surface area (Å²) in [7, 11) is 1.58. The number of carbonyl (C=O) groups is 1. The fourth-order valence-electron chi connectivity index (χ4n) is 0.904. The van der Waals surface area contributed by atoms with Gasteiger partial charge >= 0.3 is 0 Å². The second-order valence-electron chi connectivity index (χ2n) is 2.64. The first-order chi connectivity index (χ1) is 4.59. The van der Waals surface area contributed by atoms with E-state index < -0.39 is 0 Å². The lowest BCUT2D eigenvalue weighted by Gasteiger charge is -2.14. The maximum Gasteiger partial charge on any atom is 0.239 e. The molecule has 0 heterocycles. The molecular weight excluding hydrogens is 128 g/mol. The average molecular weight is 144 g/mol. The summed E-state index contributed by atoms with van der Waals surface area (Å²) in [6, 6.07) is 0. The summed E-state index contributed by atoms with van der Waals surface area (Å²) in [6.45, 7) is 3.95. The Hall–Kier alpha value is -0.570. The molecule has 0 saturated carbocycles. The molecular formula is C7H16N2O. The molecule has 0 aromatic carbocycles. The van der Waals surface area contributed by atoms with Gasteiger partial charge in [0, 0.05) is 13.0 Å². The number of hydrazine groups is 1. The molecule has 0 aromatic rings. The third-order valence-electron chi connectivity index (χ3n) is 1.49. The Morgan fingerprint density at radius 1 is 1.70 bits per heavy atom. The van der Waals surface area contributed by atoms with E-state index in [0.29, 0.717) is 0 Å². The van der Waals surface area contributed by atoms with E-state index in [-0.39, 0.29) is 11.8 Å². The summed E-state index contributed by atoms with van der Waals surface area (Å²) in [5, 5.41) is 1.15. The van der Waals surface area contributed by atoms with Gasteiger partial charge in [-0.3, -0.25) is 9.80 Å². The van der Waals surface area contributed by atoms with Crippen molar-refractivity contribution >= 4 is 5.91 Å². The molecule has 0 radical (unpaired) electrons. The van der Waals surface area contributed by atoms with Crippen molar-refractivity contribution < 1.29 is 4.79 Å². The highest BCUT2D eigenvalue weighted by Gasteiger charge is 2.13. The van der Waals surface area contributed by atoms with Gasteiger partial charge in [0.25, 0.3) is 0 Å². The van der Waals surface area contributed by atoms with Crippen LogP contribution in [0.25, 0.3) is 0 Å². The predicted octanol–water partition coefficient (Wildman–Crippen LogP) is 0.755. The molecule has 3 nitrogen and oxygen atoms in total. The van der Waals surface area contributed by atoms with Crippen molar-refractivity contribution in [3.8, 4) is 0 Å². The molecule has 1 unspecified atom stereocenters. The summed E-state index contributed by atoms with van der Waals surface area (Å²) >= 11 is 0. The predicted molar refractivity (Wildman–Crippen MR) is 41.0 cm³/mol. The van der Waals surface area contributed by atoms with Gasteiger partial charge in [-0.05, 0) is 6.42 Å². The lowest BCUT2D eigenvalue weighted by Crippen LogP contribution is -2.37. The normalized spacial score (nSPS) is 12.8. The molecule has 0 bridgehead atoms. The van der Waals surface area contributed by atoms with Crippen LogP contribution in [0.2, 0.25) is 0 Å². The SMILES string of the molecule is CCCC(C)C(=O)N(C)N. The Bertz CT molecular complexity index is 112. The second-order valence-corrected chi connectivity index (χ2v) is 2.64. The minimum Gasteiger partial charge on any atom is -0.284 e. The van der Waals surface area contributed by atoms with Crippen molar-refractivity contribution in [1.29, 1.82) is 0 Å². The Kier molecular flexibility index (Phi) is 4.03. The quantitative estimate of drug-likeness (QED) is 0.361. The van der Waals surface area contributed by atoms with Gasteiger partial charge in [0.1, 0.15) is 0 Å². The first kappa shape index (κ1) is 9.43. The van der Waals surface area contributed by atoms with Gasteiger partial charge < -0.3 is 0 Å². The minimum atomic E-state index is 0.0156. The molecule has 0 rings (SSSR count). The molecule has 0 aliphatic heterocycles. The highest BCUT2D eigenvalue weighted by atomic mass is 16.2. The zero-order chi connectivity index (χ0) is 8.15. The van der Waals surface area contributed by atoms with Gasteiger partial charge in [0.15, 0.2) is 0 Å². The molecule has 1 amide bonds. The van der Waals surface area contributed by atoms with Crippen LogP contribution in [0.1, 0.15) is 26.7 Å². The van der Waals surface area contributed by atoms with E-state index >= 15 is 0 Å². The molecule has 3 heteroatoms. The summed E-state index contributed by atoms with van der Waals surface area (Å²) in [5.74, 6) is 5.34. The van der Waals surface area contributed by atoms with E-state index in [0.717, 1.165) is 17.9 Å². The van der Waals surface area contributed by atoms with Crippen LogP contribution in [0.5, 0.6) is 0 Å². The number of hydrogen-bond donors (Lipinski definition) is 1. The molecule has 0 saturated heterocycles. The third-order valence-corrected chi connectivity index (χ3v) is 1.49. The Balaban J connectivity index is 3.71. The zero-order valence-electron chi connectivity index (χ0n) is 6.92. The smallest absolute Gasteiger partial charge is 0.239 e. The van der Waals surface area contributed by atoms with Crippen LogP contribution in [0.3, 0.4) is 0 Å². The van der Waals surface area contributed by atoms with Crippen LogP contribution in [-0.2, 0) is 4.79 Å². The largest absolute Gasteiger partial charge is 0.284 e. The molecule has 0 fully saturated rings. The topological polar surface area (TPSA) is 46.3 Å². The van der Waals surface area contributed by atoms with E-state index in [4.69, 9.17) is 5.84 Å². The highest BCUT2D eigenvalue weighted by Crippen LogP contribution is 2.05. The number of hydrogen-bond acceptors (Lipinski definition) is 2. The van der Waals surface area contributed by atoms with Gasteiger partial charge in [-0.15, -0.1) is 0 Å². The first-order valence-electron chi connectivity index (χ1n) is 3.61. The van der Waals surface area contributed by atoms with Gasteiger partial charge in [-0.2, -0.15) is 0 Å². The lowest BCUT2D eigenvalue weighted by atomic mass is 10.1. The maximum atomic E-state index is 11.0. The monoisotopic (exact) mass is 144 g/mol. The average Bonchev–Trinajstić information content (AvgIpc) is 1.87. The standard InChI is InChI=1S/C7H16N2O/c1-4-5-6(2)7(10)9(3)8/h6H,4-5,8H2,1-3H3. The van der Waals surface area contributed by atoms with Crippen LogP contribution in [-0.4, -0.2) is 18.0 Å². The zero-order valence-corrected chi connectivity index (χ0v) is 6.92. The molecule has 2 N–H and O–H groups in total. The van der Waals surface area contributed by atoms with Crippen LogP contribution in [0.4, 0.5) is 0 Å². The number of nitrogens with zero attached hydrogens (tertiary/aromatic N) is 1. The van der Waals surface area contributed by atoms with Gasteiger partial charge in [-0.25, -0.2) is 5.84 Å². The number of nitrogens with two attached hydrogens (primary N) is 1. The first-order valence-corrected chi connectivity index (χ1v) is 3.61. The second kappa shape index (κ2) is 4.28. The third kappa shape index (κ3) is 2.82. The summed E-state index contributed by atoms with van der Waals surface area (Å²) in [5.41, 5.74) is 0. The highest BCUT2D eigenvalue weighted by molar-refractivity contribution is 5.77. The molecule has 0 spiro atoms. The fourth-order valence-corrected chi connectivity index (χ4v) is 0.904. The molecule has 60 valence electrons. The van der Waals surface area contributed by atoms with E-state index in [9.17, 15) is 4.79 Å². The maximum absolute atomic E-state index is 11.0. The minimum absolute atomic E-state index is 0.0156.